The van der Waals surface area contributed by atoms with Crippen LogP contribution in [0.4, 0.5) is 11.4 Å². The van der Waals surface area contributed by atoms with Gasteiger partial charge in [0.1, 0.15) is 5.69 Å². The first-order valence-electron chi connectivity index (χ1n) is 10.9. The fraction of sp³-hybridized carbons (Fsp3) is 0.269. The van der Waals surface area contributed by atoms with E-state index in [9.17, 15) is 14.7 Å². The van der Waals surface area contributed by atoms with Gasteiger partial charge in [-0.15, -0.1) is 11.8 Å². The number of carboxylic acid groups (broad SMARTS) is 1. The third-order valence-corrected chi connectivity index (χ3v) is 6.58. The molecule has 1 aromatic heterocycles. The van der Waals surface area contributed by atoms with Crippen molar-refractivity contribution < 1.29 is 14.7 Å². The van der Waals surface area contributed by atoms with Crippen molar-refractivity contribution >= 4 is 46.5 Å². The van der Waals surface area contributed by atoms with Crippen molar-refractivity contribution in [3.05, 3.63) is 82.6 Å². The van der Waals surface area contributed by atoms with Gasteiger partial charge in [0.25, 0.3) is 0 Å². The van der Waals surface area contributed by atoms with E-state index >= 15 is 0 Å². The van der Waals surface area contributed by atoms with Gasteiger partial charge in [-0.25, -0.2) is 4.79 Å². The maximum atomic E-state index is 13.1. The normalized spacial score (nSPS) is 10.8. The van der Waals surface area contributed by atoms with E-state index < -0.39 is 5.97 Å². The molecule has 1 N–H and O–H groups in total. The minimum Gasteiger partial charge on any atom is -0.478 e. The molecule has 7 heteroatoms. The SMILES string of the molecule is CCCCCCSc1cc(C(=O)O)cc(C(=O)c2ccc(N(C)c3ccc(Cl)cc3)cn2)c1. The van der Waals surface area contributed by atoms with Gasteiger partial charge < -0.3 is 10.0 Å². The smallest absolute Gasteiger partial charge is 0.335 e. The molecule has 3 aromatic rings. The van der Waals surface area contributed by atoms with Crippen molar-refractivity contribution in [3.8, 4) is 0 Å². The Morgan fingerprint density at radius 3 is 2.30 bits per heavy atom. The average molecular weight is 483 g/mol. The molecule has 1 heterocycles. The summed E-state index contributed by atoms with van der Waals surface area (Å²) in [4.78, 5) is 31.8. The number of unbranched alkanes of at least 4 members (excludes halogenated alkanes) is 3. The molecule has 0 spiro atoms. The van der Waals surface area contributed by atoms with Gasteiger partial charge in [0.2, 0.25) is 5.78 Å². The van der Waals surface area contributed by atoms with Crippen molar-refractivity contribution in [1.29, 1.82) is 0 Å². The number of hydrogen-bond acceptors (Lipinski definition) is 5. The third-order valence-electron chi connectivity index (χ3n) is 5.26. The number of carbonyl (C=O) groups excluding carboxylic acids is 1. The van der Waals surface area contributed by atoms with Gasteiger partial charge in [-0.05, 0) is 66.8 Å². The Bertz CT molecular complexity index is 1100. The van der Waals surface area contributed by atoms with E-state index in [-0.39, 0.29) is 17.0 Å². The van der Waals surface area contributed by atoms with E-state index in [0.29, 0.717) is 10.6 Å². The van der Waals surface area contributed by atoms with Gasteiger partial charge in [0, 0.05) is 28.2 Å². The maximum absolute atomic E-state index is 13.1. The zero-order chi connectivity index (χ0) is 23.8. The molecular weight excluding hydrogens is 456 g/mol. The summed E-state index contributed by atoms with van der Waals surface area (Å²) in [6, 6.07) is 15.7. The van der Waals surface area contributed by atoms with Gasteiger partial charge in [0.15, 0.2) is 0 Å². The summed E-state index contributed by atoms with van der Waals surface area (Å²) < 4.78 is 0. The molecular formula is C26H27ClN2O3S. The predicted octanol–water partition coefficient (Wildman–Crippen LogP) is 7.10. The lowest BCUT2D eigenvalue weighted by atomic mass is 10.0. The first kappa shape index (κ1) is 24.8. The van der Waals surface area contributed by atoms with Crippen LogP contribution in [0.2, 0.25) is 5.02 Å². The van der Waals surface area contributed by atoms with Gasteiger partial charge in [-0.3, -0.25) is 9.78 Å². The minimum atomic E-state index is -1.05. The topological polar surface area (TPSA) is 70.5 Å². The molecule has 0 aliphatic carbocycles. The van der Waals surface area contributed by atoms with Crippen LogP contribution in [0, 0.1) is 0 Å². The molecule has 0 aliphatic heterocycles. The molecule has 0 aliphatic rings. The quantitative estimate of drug-likeness (QED) is 0.178. The summed E-state index contributed by atoms with van der Waals surface area (Å²) >= 11 is 7.54. The lowest BCUT2D eigenvalue weighted by Crippen LogP contribution is -2.11. The summed E-state index contributed by atoms with van der Waals surface area (Å²) in [6.07, 6.45) is 6.19. The first-order chi connectivity index (χ1) is 15.9. The molecule has 0 radical (unpaired) electrons. The molecule has 0 saturated heterocycles. The number of nitrogens with zero attached hydrogens (tertiary/aromatic N) is 2. The molecule has 3 rings (SSSR count). The van der Waals surface area contributed by atoms with Gasteiger partial charge in [0.05, 0.1) is 17.4 Å². The van der Waals surface area contributed by atoms with Crippen LogP contribution < -0.4 is 4.90 Å². The number of carbonyl (C=O) groups is 2. The number of benzene rings is 2. The van der Waals surface area contributed by atoms with E-state index in [1.807, 2.05) is 42.3 Å². The monoisotopic (exact) mass is 482 g/mol. The highest BCUT2D eigenvalue weighted by Gasteiger charge is 2.16. The number of aromatic nitrogens is 1. The Morgan fingerprint density at radius 1 is 0.970 bits per heavy atom. The first-order valence-corrected chi connectivity index (χ1v) is 12.3. The van der Waals surface area contributed by atoms with Crippen LogP contribution in [0.25, 0.3) is 0 Å². The van der Waals surface area contributed by atoms with Crippen LogP contribution in [0.3, 0.4) is 0 Å². The number of rotatable bonds is 11. The largest absolute Gasteiger partial charge is 0.478 e. The summed E-state index contributed by atoms with van der Waals surface area (Å²) in [7, 11) is 1.90. The number of ketones is 1. The van der Waals surface area contributed by atoms with E-state index in [1.54, 1.807) is 36.2 Å². The Hall–Kier alpha value is -2.83. The standard InChI is InChI=1S/C26H27ClN2O3S/c1-3-4-5-6-13-33-23-15-18(14-19(16-23)26(31)32)25(30)24-12-11-22(17-28-24)29(2)21-9-7-20(27)8-10-21/h7-12,14-17H,3-6,13H2,1-2H3,(H,31,32). The highest BCUT2D eigenvalue weighted by Crippen LogP contribution is 2.27. The lowest BCUT2D eigenvalue weighted by molar-refractivity contribution is 0.0696. The highest BCUT2D eigenvalue weighted by atomic mass is 35.5. The molecule has 0 bridgehead atoms. The summed E-state index contributed by atoms with van der Waals surface area (Å²) in [5, 5.41) is 10.2. The third kappa shape index (κ3) is 6.83. The Kier molecular flexibility index (Phi) is 8.92. The minimum absolute atomic E-state index is 0.107. The van der Waals surface area contributed by atoms with Gasteiger partial charge in [-0.2, -0.15) is 0 Å². The van der Waals surface area contributed by atoms with E-state index in [2.05, 4.69) is 11.9 Å². The van der Waals surface area contributed by atoms with Gasteiger partial charge in [-0.1, -0.05) is 37.8 Å². The van der Waals surface area contributed by atoms with Crippen LogP contribution in [0.1, 0.15) is 59.0 Å². The molecule has 172 valence electrons. The second kappa shape index (κ2) is 11.9. The van der Waals surface area contributed by atoms with Crippen molar-refractivity contribution in [3.63, 3.8) is 0 Å². The van der Waals surface area contributed by atoms with Crippen LogP contribution in [0.5, 0.6) is 0 Å². The second-order valence-electron chi connectivity index (χ2n) is 7.73. The zero-order valence-corrected chi connectivity index (χ0v) is 20.3. The molecule has 0 atom stereocenters. The lowest BCUT2D eigenvalue weighted by Gasteiger charge is -2.19. The number of carboxylic acids is 1. The fourth-order valence-electron chi connectivity index (χ4n) is 3.34. The molecule has 0 saturated carbocycles. The molecule has 0 fully saturated rings. The van der Waals surface area contributed by atoms with Crippen LogP contribution >= 0.6 is 23.4 Å². The summed E-state index contributed by atoms with van der Waals surface area (Å²) in [5.41, 5.74) is 2.46. The Morgan fingerprint density at radius 2 is 1.67 bits per heavy atom. The molecule has 0 unspecified atom stereocenters. The van der Waals surface area contributed by atoms with E-state index in [1.165, 1.54) is 18.9 Å². The van der Waals surface area contributed by atoms with Crippen LogP contribution in [-0.2, 0) is 0 Å². The summed E-state index contributed by atoms with van der Waals surface area (Å²) in [6.45, 7) is 2.16. The predicted molar refractivity (Wildman–Crippen MR) is 135 cm³/mol. The highest BCUT2D eigenvalue weighted by molar-refractivity contribution is 7.99. The average Bonchev–Trinajstić information content (AvgIpc) is 2.83. The van der Waals surface area contributed by atoms with Gasteiger partial charge >= 0.3 is 5.97 Å². The summed E-state index contributed by atoms with van der Waals surface area (Å²) in [5.74, 6) is -0.460. The number of anilines is 2. The molecule has 33 heavy (non-hydrogen) atoms. The van der Waals surface area contributed by atoms with Crippen molar-refractivity contribution in [2.24, 2.45) is 0 Å². The number of aromatic carboxylic acids is 1. The molecule has 0 amide bonds. The Balaban J connectivity index is 1.77. The van der Waals surface area contributed by atoms with Crippen LogP contribution in [0.15, 0.2) is 65.7 Å². The number of halogens is 1. The number of thioether (sulfide) groups is 1. The van der Waals surface area contributed by atoms with Crippen LogP contribution in [-0.4, -0.2) is 34.6 Å². The Labute approximate surface area is 203 Å². The molecule has 5 nitrogen and oxygen atoms in total. The maximum Gasteiger partial charge on any atom is 0.335 e. The van der Waals surface area contributed by atoms with E-state index in [0.717, 1.165) is 34.9 Å². The number of hydrogen-bond donors (Lipinski definition) is 1. The van der Waals surface area contributed by atoms with E-state index in [4.69, 9.17) is 11.6 Å². The van der Waals surface area contributed by atoms with Crippen molar-refractivity contribution in [2.75, 3.05) is 17.7 Å². The molecule has 2 aromatic carbocycles. The second-order valence-corrected chi connectivity index (χ2v) is 9.33. The number of pyridine rings is 1. The van der Waals surface area contributed by atoms with Crippen molar-refractivity contribution in [1.82, 2.24) is 4.98 Å². The van der Waals surface area contributed by atoms with Crippen molar-refractivity contribution in [2.45, 2.75) is 37.5 Å². The fourth-order valence-corrected chi connectivity index (χ4v) is 4.47. The zero-order valence-electron chi connectivity index (χ0n) is 18.8.